The van der Waals surface area contributed by atoms with Crippen molar-refractivity contribution in [3.05, 3.63) is 101 Å². The van der Waals surface area contributed by atoms with Gasteiger partial charge in [-0.3, -0.25) is 9.52 Å². The number of nitrogens with one attached hydrogen (secondary N) is 2. The van der Waals surface area contributed by atoms with Crippen molar-refractivity contribution in [3.8, 4) is 5.75 Å². The van der Waals surface area contributed by atoms with Crippen molar-refractivity contribution in [2.24, 2.45) is 0 Å². The van der Waals surface area contributed by atoms with Gasteiger partial charge in [0.1, 0.15) is 5.75 Å². The smallest absolute Gasteiger partial charge is 0.255 e. The van der Waals surface area contributed by atoms with Gasteiger partial charge >= 0.3 is 0 Å². The van der Waals surface area contributed by atoms with Crippen LogP contribution in [0.3, 0.4) is 0 Å². The summed E-state index contributed by atoms with van der Waals surface area (Å²) in [5.74, 6) is 0.573. The molecule has 0 saturated carbocycles. The second kappa shape index (κ2) is 11.0. The lowest BCUT2D eigenvalue weighted by atomic mass is 10.2. The molecule has 3 aromatic carbocycles. The van der Waals surface area contributed by atoms with Crippen molar-refractivity contribution in [1.82, 2.24) is 5.32 Å². The van der Waals surface area contributed by atoms with Crippen molar-refractivity contribution >= 4 is 27.7 Å². The average molecular weight is 437 g/mol. The standard InChI is InChI=1S/C24H24N2O4S/c27-24(25-17-7-18-30-23-10-5-2-6-11-23)21-12-14-22(15-13-21)26-31(28,29)19-16-20-8-3-1-4-9-20/h1-6,8-16,19,26H,7,17-18H2,(H,25,27)/b19-16+. The SMILES string of the molecule is O=C(NCCCOc1ccccc1)c1ccc(NS(=O)(=O)/C=C/c2ccccc2)cc1. The second-order valence-corrected chi connectivity index (χ2v) is 8.28. The number of carbonyl (C=O) groups is 1. The van der Waals surface area contributed by atoms with Crippen LogP contribution in [0.4, 0.5) is 5.69 Å². The lowest BCUT2D eigenvalue weighted by Crippen LogP contribution is -2.25. The quantitative estimate of drug-likeness (QED) is 0.464. The molecule has 0 unspecified atom stereocenters. The Labute approximate surface area is 182 Å². The van der Waals surface area contributed by atoms with Crippen molar-refractivity contribution in [1.29, 1.82) is 0 Å². The molecular formula is C24H24N2O4S. The average Bonchev–Trinajstić information content (AvgIpc) is 2.79. The van der Waals surface area contributed by atoms with E-state index >= 15 is 0 Å². The summed E-state index contributed by atoms with van der Waals surface area (Å²) in [4.78, 5) is 12.2. The molecule has 0 fully saturated rings. The molecule has 0 aliphatic carbocycles. The first-order valence-electron chi connectivity index (χ1n) is 9.84. The van der Waals surface area contributed by atoms with Crippen LogP contribution in [0.1, 0.15) is 22.3 Å². The number of carbonyl (C=O) groups excluding carboxylic acids is 1. The van der Waals surface area contributed by atoms with E-state index in [1.165, 1.54) is 6.08 Å². The zero-order chi connectivity index (χ0) is 21.9. The molecule has 1 amide bonds. The van der Waals surface area contributed by atoms with Crippen LogP contribution >= 0.6 is 0 Å². The van der Waals surface area contributed by atoms with E-state index in [0.717, 1.165) is 16.7 Å². The largest absolute Gasteiger partial charge is 0.494 e. The highest BCUT2D eigenvalue weighted by Crippen LogP contribution is 2.13. The van der Waals surface area contributed by atoms with Crippen LogP contribution < -0.4 is 14.8 Å². The Morgan fingerprint density at radius 2 is 1.52 bits per heavy atom. The minimum absolute atomic E-state index is 0.224. The van der Waals surface area contributed by atoms with Crippen LogP contribution in [-0.2, 0) is 10.0 Å². The maximum absolute atomic E-state index is 12.2. The molecule has 0 heterocycles. The molecule has 7 heteroatoms. The first-order chi connectivity index (χ1) is 15.0. The summed E-state index contributed by atoms with van der Waals surface area (Å²) in [7, 11) is -3.65. The van der Waals surface area contributed by atoms with Gasteiger partial charge in [0, 0.05) is 17.8 Å². The van der Waals surface area contributed by atoms with Gasteiger partial charge in [-0.1, -0.05) is 48.5 Å². The van der Waals surface area contributed by atoms with E-state index in [2.05, 4.69) is 10.0 Å². The monoisotopic (exact) mass is 436 g/mol. The third-order valence-corrected chi connectivity index (χ3v) is 5.28. The van der Waals surface area contributed by atoms with Crippen LogP contribution in [0.25, 0.3) is 6.08 Å². The highest BCUT2D eigenvalue weighted by molar-refractivity contribution is 7.95. The van der Waals surface area contributed by atoms with E-state index in [9.17, 15) is 13.2 Å². The van der Waals surface area contributed by atoms with Gasteiger partial charge in [0.05, 0.1) is 12.0 Å². The zero-order valence-corrected chi connectivity index (χ0v) is 17.7. The molecule has 2 N–H and O–H groups in total. The number of rotatable bonds is 10. The Kier molecular flexibility index (Phi) is 7.84. The van der Waals surface area contributed by atoms with Crippen molar-refractivity contribution in [3.63, 3.8) is 0 Å². The number of para-hydroxylation sites is 1. The Bertz CT molecular complexity index is 1100. The maximum Gasteiger partial charge on any atom is 0.255 e. The summed E-state index contributed by atoms with van der Waals surface area (Å²) < 4.78 is 32.5. The third kappa shape index (κ3) is 7.64. The predicted octanol–water partition coefficient (Wildman–Crippen LogP) is 4.30. The van der Waals surface area contributed by atoms with E-state index < -0.39 is 10.0 Å². The summed E-state index contributed by atoms with van der Waals surface area (Å²) in [5, 5.41) is 3.93. The number of ether oxygens (including phenoxy) is 1. The number of anilines is 1. The van der Waals surface area contributed by atoms with Crippen molar-refractivity contribution in [2.45, 2.75) is 6.42 Å². The van der Waals surface area contributed by atoms with Crippen molar-refractivity contribution in [2.75, 3.05) is 17.9 Å². The Balaban J connectivity index is 1.44. The molecule has 0 atom stereocenters. The molecule has 0 saturated heterocycles. The van der Waals surface area contributed by atoms with Crippen LogP contribution in [-0.4, -0.2) is 27.5 Å². The van der Waals surface area contributed by atoms with Crippen LogP contribution in [0, 0.1) is 0 Å². The number of sulfonamides is 1. The molecule has 0 spiro atoms. The molecule has 6 nitrogen and oxygen atoms in total. The van der Waals surface area contributed by atoms with E-state index in [0.29, 0.717) is 30.8 Å². The van der Waals surface area contributed by atoms with Gasteiger partial charge in [-0.2, -0.15) is 0 Å². The molecular weight excluding hydrogens is 412 g/mol. The van der Waals surface area contributed by atoms with Gasteiger partial charge in [0.15, 0.2) is 0 Å². The number of hydrogen-bond acceptors (Lipinski definition) is 4. The van der Waals surface area contributed by atoms with Crippen molar-refractivity contribution < 1.29 is 17.9 Å². The van der Waals surface area contributed by atoms with Gasteiger partial charge in [0.25, 0.3) is 15.9 Å². The minimum atomic E-state index is -3.65. The van der Waals surface area contributed by atoms with Gasteiger partial charge in [-0.15, -0.1) is 0 Å². The molecule has 0 bridgehead atoms. The van der Waals surface area contributed by atoms with Gasteiger partial charge < -0.3 is 10.1 Å². The Morgan fingerprint density at radius 1 is 0.871 bits per heavy atom. The first kappa shape index (κ1) is 22.1. The Hall–Kier alpha value is -3.58. The van der Waals surface area contributed by atoms with Crippen LogP contribution in [0.15, 0.2) is 90.3 Å². The lowest BCUT2D eigenvalue weighted by Gasteiger charge is -2.08. The summed E-state index contributed by atoms with van der Waals surface area (Å²) >= 11 is 0. The summed E-state index contributed by atoms with van der Waals surface area (Å²) in [5.41, 5.74) is 1.62. The fourth-order valence-corrected chi connectivity index (χ4v) is 3.57. The predicted molar refractivity (Wildman–Crippen MR) is 123 cm³/mol. The molecule has 0 aliphatic heterocycles. The van der Waals surface area contributed by atoms with Gasteiger partial charge in [-0.25, -0.2) is 8.42 Å². The molecule has 0 aromatic heterocycles. The highest BCUT2D eigenvalue weighted by Gasteiger charge is 2.08. The first-order valence-corrected chi connectivity index (χ1v) is 11.4. The van der Waals surface area contributed by atoms with E-state index in [4.69, 9.17) is 4.74 Å². The molecule has 31 heavy (non-hydrogen) atoms. The van der Waals surface area contributed by atoms with E-state index in [1.54, 1.807) is 24.3 Å². The van der Waals surface area contributed by atoms with E-state index in [-0.39, 0.29) is 5.91 Å². The fraction of sp³-hybridized carbons (Fsp3) is 0.125. The summed E-state index contributed by atoms with van der Waals surface area (Å²) in [6.07, 6.45) is 2.19. The van der Waals surface area contributed by atoms with Gasteiger partial charge in [0.2, 0.25) is 0 Å². The number of amides is 1. The number of benzene rings is 3. The fourth-order valence-electron chi connectivity index (χ4n) is 2.70. The molecule has 0 aliphatic rings. The Morgan fingerprint density at radius 3 is 2.19 bits per heavy atom. The summed E-state index contributed by atoms with van der Waals surface area (Å²) in [6, 6.07) is 24.9. The maximum atomic E-state index is 12.2. The molecule has 160 valence electrons. The lowest BCUT2D eigenvalue weighted by molar-refractivity contribution is 0.0951. The molecule has 3 rings (SSSR count). The second-order valence-electron chi connectivity index (χ2n) is 6.71. The number of hydrogen-bond donors (Lipinski definition) is 2. The minimum Gasteiger partial charge on any atom is -0.494 e. The highest BCUT2D eigenvalue weighted by atomic mass is 32.2. The normalized spacial score (nSPS) is 11.2. The van der Waals surface area contributed by atoms with Crippen LogP contribution in [0.5, 0.6) is 5.75 Å². The summed E-state index contributed by atoms with van der Waals surface area (Å²) in [6.45, 7) is 0.978. The van der Waals surface area contributed by atoms with E-state index in [1.807, 2.05) is 60.7 Å². The third-order valence-electron chi connectivity index (χ3n) is 4.27. The van der Waals surface area contributed by atoms with Crippen LogP contribution in [0.2, 0.25) is 0 Å². The van der Waals surface area contributed by atoms with Gasteiger partial charge in [-0.05, 0) is 54.5 Å². The molecule has 0 radical (unpaired) electrons. The topological polar surface area (TPSA) is 84.5 Å². The molecule has 3 aromatic rings. The zero-order valence-electron chi connectivity index (χ0n) is 16.9.